The molecule has 148 valence electrons. The fraction of sp³-hybridized carbons (Fsp3) is 0.364. The molecule has 7 nitrogen and oxygen atoms in total. The van der Waals surface area contributed by atoms with Gasteiger partial charge in [0.05, 0.1) is 12.6 Å². The Labute approximate surface area is 169 Å². The minimum absolute atomic E-state index is 0.201. The summed E-state index contributed by atoms with van der Waals surface area (Å²) in [4.78, 5) is 26.2. The summed E-state index contributed by atoms with van der Waals surface area (Å²) in [5, 5.41) is 4.07. The molecule has 0 unspecified atom stereocenters. The fourth-order valence-corrected chi connectivity index (χ4v) is 4.23. The number of fused-ring (bicyclic) bond motifs is 1. The van der Waals surface area contributed by atoms with Gasteiger partial charge in [0.1, 0.15) is 5.69 Å². The maximum Gasteiger partial charge on any atom is 0.241 e. The smallest absolute Gasteiger partial charge is 0.241 e. The quantitative estimate of drug-likeness (QED) is 0.683. The molecule has 2 aliphatic heterocycles. The molecule has 5 rings (SSSR count). The van der Waals surface area contributed by atoms with Gasteiger partial charge in [-0.25, -0.2) is 0 Å². The number of likely N-dealkylation sites (tertiary alicyclic amines) is 1. The maximum absolute atomic E-state index is 13.2. The van der Waals surface area contributed by atoms with Crippen LogP contribution in [0.25, 0.3) is 11.5 Å². The third-order valence-electron chi connectivity index (χ3n) is 5.75. The number of hydrogen-bond acceptors (Lipinski definition) is 6. The predicted octanol–water partition coefficient (Wildman–Crippen LogP) is 2.68. The molecule has 7 heteroatoms. The Bertz CT molecular complexity index is 997. The van der Waals surface area contributed by atoms with E-state index in [0.29, 0.717) is 36.9 Å². The highest BCUT2D eigenvalue weighted by atomic mass is 16.5. The molecular formula is C22H23N5O2. The summed E-state index contributed by atoms with van der Waals surface area (Å²) < 4.78 is 5.50. The number of pyridine rings is 1. The molecule has 0 bridgehead atoms. The van der Waals surface area contributed by atoms with Crippen LogP contribution in [-0.2, 0) is 24.3 Å². The van der Waals surface area contributed by atoms with Crippen molar-refractivity contribution in [1.82, 2.24) is 24.9 Å². The predicted molar refractivity (Wildman–Crippen MR) is 107 cm³/mol. The molecule has 1 atom stereocenters. The van der Waals surface area contributed by atoms with Gasteiger partial charge >= 0.3 is 0 Å². The van der Waals surface area contributed by atoms with Gasteiger partial charge in [-0.15, -0.1) is 0 Å². The largest absolute Gasteiger partial charge is 0.341 e. The molecule has 1 saturated heterocycles. The summed E-state index contributed by atoms with van der Waals surface area (Å²) >= 11 is 0. The molecule has 3 aromatic rings. The van der Waals surface area contributed by atoms with Crippen molar-refractivity contribution in [2.75, 3.05) is 13.1 Å². The Morgan fingerprint density at radius 3 is 2.66 bits per heavy atom. The number of rotatable bonds is 4. The van der Waals surface area contributed by atoms with Gasteiger partial charge in [0, 0.05) is 25.8 Å². The second-order valence-electron chi connectivity index (χ2n) is 7.65. The zero-order valence-corrected chi connectivity index (χ0v) is 16.2. The van der Waals surface area contributed by atoms with Crippen LogP contribution in [0.4, 0.5) is 0 Å². The van der Waals surface area contributed by atoms with Crippen LogP contribution in [0.1, 0.15) is 29.9 Å². The first-order chi connectivity index (χ1) is 14.3. The lowest BCUT2D eigenvalue weighted by atomic mass is 9.93. The Morgan fingerprint density at radius 2 is 1.86 bits per heavy atom. The van der Waals surface area contributed by atoms with Crippen LogP contribution >= 0.6 is 0 Å². The fourth-order valence-electron chi connectivity index (χ4n) is 4.23. The lowest BCUT2D eigenvalue weighted by molar-refractivity contribution is -0.137. The first-order valence-electron chi connectivity index (χ1n) is 10.1. The van der Waals surface area contributed by atoms with E-state index in [0.717, 1.165) is 25.9 Å². The monoisotopic (exact) mass is 389 g/mol. The van der Waals surface area contributed by atoms with Crippen LogP contribution in [0.5, 0.6) is 0 Å². The van der Waals surface area contributed by atoms with E-state index in [2.05, 4.69) is 32.2 Å². The Balaban J connectivity index is 1.40. The van der Waals surface area contributed by atoms with Crippen molar-refractivity contribution < 1.29 is 9.32 Å². The molecule has 1 fully saturated rings. The number of carbonyl (C=O) groups is 1. The van der Waals surface area contributed by atoms with Gasteiger partial charge in [-0.3, -0.25) is 14.7 Å². The Kier molecular flexibility index (Phi) is 4.81. The van der Waals surface area contributed by atoms with Crippen LogP contribution < -0.4 is 0 Å². The van der Waals surface area contributed by atoms with Crippen LogP contribution in [0.3, 0.4) is 0 Å². The van der Waals surface area contributed by atoms with Gasteiger partial charge in [-0.1, -0.05) is 35.5 Å². The highest BCUT2D eigenvalue weighted by Crippen LogP contribution is 2.27. The van der Waals surface area contributed by atoms with E-state index in [1.807, 2.05) is 35.2 Å². The van der Waals surface area contributed by atoms with E-state index in [1.165, 1.54) is 11.1 Å². The second-order valence-corrected chi connectivity index (χ2v) is 7.65. The number of carbonyl (C=O) groups excluding carboxylic acids is 1. The zero-order chi connectivity index (χ0) is 19.6. The standard InChI is InChI=1S/C22H23N5O2/c28-22(26-11-5-6-12-26)19-13-16-7-1-2-8-17(16)14-27(19)15-20-24-21(25-29-20)18-9-3-4-10-23-18/h1-4,7-10,19H,5-6,11-15H2/t19-/m1/s1. The molecule has 0 radical (unpaired) electrons. The van der Waals surface area contributed by atoms with Crippen molar-refractivity contribution in [2.24, 2.45) is 0 Å². The highest BCUT2D eigenvalue weighted by Gasteiger charge is 2.35. The van der Waals surface area contributed by atoms with E-state index < -0.39 is 0 Å². The summed E-state index contributed by atoms with van der Waals surface area (Å²) in [7, 11) is 0. The number of benzene rings is 1. The SMILES string of the molecule is O=C([C@H]1Cc2ccccc2CN1Cc1nc(-c2ccccn2)no1)N1CCCC1. The van der Waals surface area contributed by atoms with Crippen LogP contribution in [-0.4, -0.2) is 50.0 Å². The van der Waals surface area contributed by atoms with Gasteiger partial charge in [-0.05, 0) is 42.5 Å². The number of amides is 1. The maximum atomic E-state index is 13.2. The number of nitrogens with zero attached hydrogens (tertiary/aromatic N) is 5. The molecule has 0 aliphatic carbocycles. The number of hydrogen-bond donors (Lipinski definition) is 0. The second kappa shape index (κ2) is 7.75. The van der Waals surface area contributed by atoms with E-state index >= 15 is 0 Å². The molecule has 0 spiro atoms. The van der Waals surface area contributed by atoms with E-state index in [4.69, 9.17) is 4.52 Å². The lowest BCUT2D eigenvalue weighted by Crippen LogP contribution is -2.50. The lowest BCUT2D eigenvalue weighted by Gasteiger charge is -2.37. The summed E-state index contributed by atoms with van der Waals surface area (Å²) in [5.74, 6) is 1.19. The normalized spacial score (nSPS) is 19.3. The van der Waals surface area contributed by atoms with Crippen molar-refractivity contribution in [1.29, 1.82) is 0 Å². The summed E-state index contributed by atoms with van der Waals surface area (Å²) in [6.45, 7) is 2.85. The molecular weight excluding hydrogens is 366 g/mol. The van der Waals surface area contributed by atoms with Gasteiger partial charge in [-0.2, -0.15) is 4.98 Å². The molecule has 2 aliphatic rings. The zero-order valence-electron chi connectivity index (χ0n) is 16.2. The van der Waals surface area contributed by atoms with Gasteiger partial charge < -0.3 is 9.42 Å². The molecule has 1 aromatic carbocycles. The van der Waals surface area contributed by atoms with Gasteiger partial charge in [0.2, 0.25) is 17.6 Å². The van der Waals surface area contributed by atoms with Crippen LogP contribution in [0.15, 0.2) is 53.2 Å². The molecule has 0 N–H and O–H groups in total. The van der Waals surface area contributed by atoms with Crippen LogP contribution in [0, 0.1) is 0 Å². The third-order valence-corrected chi connectivity index (χ3v) is 5.75. The van der Waals surface area contributed by atoms with Crippen molar-refractivity contribution in [3.05, 3.63) is 65.7 Å². The average molecular weight is 389 g/mol. The van der Waals surface area contributed by atoms with Crippen molar-refractivity contribution in [3.8, 4) is 11.5 Å². The van der Waals surface area contributed by atoms with Crippen molar-refractivity contribution in [3.63, 3.8) is 0 Å². The minimum atomic E-state index is -0.201. The van der Waals surface area contributed by atoms with Crippen molar-refractivity contribution >= 4 is 5.91 Å². The Hall–Kier alpha value is -3.06. The van der Waals surface area contributed by atoms with Crippen LogP contribution in [0.2, 0.25) is 0 Å². The van der Waals surface area contributed by atoms with E-state index in [-0.39, 0.29) is 11.9 Å². The van der Waals surface area contributed by atoms with Crippen molar-refractivity contribution in [2.45, 2.75) is 38.4 Å². The Morgan fingerprint density at radius 1 is 1.07 bits per heavy atom. The minimum Gasteiger partial charge on any atom is -0.341 e. The van der Waals surface area contributed by atoms with E-state index in [9.17, 15) is 4.79 Å². The topological polar surface area (TPSA) is 75.4 Å². The first-order valence-corrected chi connectivity index (χ1v) is 10.1. The molecule has 4 heterocycles. The summed E-state index contributed by atoms with van der Waals surface area (Å²) in [6.07, 6.45) is 4.60. The summed E-state index contributed by atoms with van der Waals surface area (Å²) in [5.41, 5.74) is 3.18. The van der Waals surface area contributed by atoms with Gasteiger partial charge in [0.15, 0.2) is 0 Å². The molecule has 29 heavy (non-hydrogen) atoms. The average Bonchev–Trinajstić information content (AvgIpc) is 3.46. The first kappa shape index (κ1) is 18.0. The molecule has 0 saturated carbocycles. The summed E-state index contributed by atoms with van der Waals surface area (Å²) in [6, 6.07) is 13.7. The highest BCUT2D eigenvalue weighted by molar-refractivity contribution is 5.82. The van der Waals surface area contributed by atoms with E-state index in [1.54, 1.807) is 6.20 Å². The number of aromatic nitrogens is 3. The molecule has 1 amide bonds. The van der Waals surface area contributed by atoms with Gasteiger partial charge in [0.25, 0.3) is 0 Å². The third kappa shape index (κ3) is 3.65. The molecule has 2 aromatic heterocycles.